The maximum absolute atomic E-state index is 13.1. The lowest BCUT2D eigenvalue weighted by Crippen LogP contribution is -2.59. The molecule has 0 radical (unpaired) electrons. The molecule has 0 aromatic carbocycles. The third-order valence-electron chi connectivity index (χ3n) is 6.69. The fourth-order valence-corrected chi connectivity index (χ4v) is 4.96. The van der Waals surface area contributed by atoms with Crippen LogP contribution in [0.4, 0.5) is 0 Å². The number of aromatic nitrogens is 2. The predicted octanol–water partition coefficient (Wildman–Crippen LogP) is 2.49. The van der Waals surface area contributed by atoms with Crippen molar-refractivity contribution in [3.63, 3.8) is 0 Å². The molecule has 1 amide bonds. The van der Waals surface area contributed by atoms with Crippen LogP contribution in [0, 0.1) is 6.92 Å². The van der Waals surface area contributed by atoms with Crippen LogP contribution in [0.15, 0.2) is 23.1 Å². The average Bonchev–Trinajstić information content (AvgIpc) is 2.79. The zero-order valence-electron chi connectivity index (χ0n) is 18.1. The van der Waals surface area contributed by atoms with Crippen LogP contribution >= 0.6 is 0 Å². The number of nitrogens with zero attached hydrogens (tertiary/aromatic N) is 3. The molecular weight excluding hydrogens is 380 g/mol. The van der Waals surface area contributed by atoms with Crippen molar-refractivity contribution in [1.29, 1.82) is 0 Å². The van der Waals surface area contributed by atoms with E-state index in [1.165, 1.54) is 19.3 Å². The second-order valence-electron chi connectivity index (χ2n) is 8.55. The molecule has 4 rings (SSSR count). The minimum absolute atomic E-state index is 0.0308. The molecule has 1 saturated heterocycles. The molecule has 1 aliphatic heterocycles. The van der Waals surface area contributed by atoms with Crippen LogP contribution in [0.2, 0.25) is 0 Å². The lowest BCUT2D eigenvalue weighted by Gasteiger charge is -2.48. The van der Waals surface area contributed by atoms with Crippen molar-refractivity contribution in [3.05, 3.63) is 39.8 Å². The Morgan fingerprint density at radius 1 is 1.20 bits per heavy atom. The number of ether oxygens (including phenoxy) is 1. The smallest absolute Gasteiger partial charge is 0.256 e. The fraction of sp³-hybridized carbons (Fsp3) is 0.609. The van der Waals surface area contributed by atoms with Crippen molar-refractivity contribution in [2.45, 2.75) is 58.0 Å². The van der Waals surface area contributed by atoms with Crippen molar-refractivity contribution < 1.29 is 9.53 Å². The van der Waals surface area contributed by atoms with Gasteiger partial charge in [0.2, 0.25) is 5.43 Å². The second kappa shape index (κ2) is 8.86. The van der Waals surface area contributed by atoms with E-state index >= 15 is 0 Å². The quantitative estimate of drug-likeness (QED) is 0.817. The minimum Gasteiger partial charge on any atom is -0.379 e. The summed E-state index contributed by atoms with van der Waals surface area (Å²) in [7, 11) is 0. The zero-order valence-corrected chi connectivity index (χ0v) is 18.1. The van der Waals surface area contributed by atoms with Gasteiger partial charge in [-0.3, -0.25) is 14.5 Å². The predicted molar refractivity (Wildman–Crippen MR) is 117 cm³/mol. The van der Waals surface area contributed by atoms with Crippen LogP contribution in [0.5, 0.6) is 0 Å². The Labute approximate surface area is 177 Å². The molecule has 0 spiro atoms. The van der Waals surface area contributed by atoms with Gasteiger partial charge < -0.3 is 14.6 Å². The number of fused-ring (bicyclic) bond motifs is 1. The Kier molecular flexibility index (Phi) is 6.20. The van der Waals surface area contributed by atoms with Crippen LogP contribution in [0.25, 0.3) is 11.0 Å². The second-order valence-corrected chi connectivity index (χ2v) is 8.55. The SMILES string of the molecule is CCn1cc(C(=O)NCC2(N3CCOCC3)CCCCC2)c(=O)c2ccc(C)nc21. The molecule has 7 heteroatoms. The van der Waals surface area contributed by atoms with E-state index in [4.69, 9.17) is 4.74 Å². The number of carbonyl (C=O) groups is 1. The Balaban J connectivity index is 1.60. The van der Waals surface area contributed by atoms with E-state index in [0.717, 1.165) is 44.8 Å². The van der Waals surface area contributed by atoms with E-state index in [2.05, 4.69) is 15.2 Å². The van der Waals surface area contributed by atoms with Gasteiger partial charge in [0.05, 0.1) is 18.6 Å². The third kappa shape index (κ3) is 4.01. The van der Waals surface area contributed by atoms with Crippen LogP contribution < -0.4 is 10.7 Å². The molecule has 3 heterocycles. The number of hydrogen-bond donors (Lipinski definition) is 1. The summed E-state index contributed by atoms with van der Waals surface area (Å²) < 4.78 is 7.43. The van der Waals surface area contributed by atoms with Gasteiger partial charge in [0.15, 0.2) is 0 Å². The topological polar surface area (TPSA) is 76.5 Å². The Morgan fingerprint density at radius 2 is 1.93 bits per heavy atom. The molecule has 7 nitrogen and oxygen atoms in total. The first-order chi connectivity index (χ1) is 14.5. The van der Waals surface area contributed by atoms with Crippen molar-refractivity contribution in [2.75, 3.05) is 32.8 Å². The van der Waals surface area contributed by atoms with E-state index in [9.17, 15) is 9.59 Å². The molecule has 1 N–H and O–H groups in total. The van der Waals surface area contributed by atoms with E-state index in [1.807, 2.05) is 24.5 Å². The first kappa shape index (κ1) is 21.0. The molecule has 30 heavy (non-hydrogen) atoms. The van der Waals surface area contributed by atoms with Gasteiger partial charge in [-0.25, -0.2) is 4.98 Å². The summed E-state index contributed by atoms with van der Waals surface area (Å²) in [5.74, 6) is -0.289. The molecule has 0 bridgehead atoms. The van der Waals surface area contributed by atoms with Gasteiger partial charge in [0.1, 0.15) is 11.2 Å². The molecule has 1 aliphatic carbocycles. The van der Waals surface area contributed by atoms with Gasteiger partial charge in [-0.05, 0) is 38.8 Å². The van der Waals surface area contributed by atoms with Crippen LogP contribution in [-0.2, 0) is 11.3 Å². The standard InChI is InChI=1S/C23H32N4O3/c1-3-26-15-19(20(28)18-8-7-17(2)25-21(18)26)22(29)24-16-23(9-5-4-6-10-23)27-11-13-30-14-12-27/h7-8,15H,3-6,9-14,16H2,1-2H3,(H,24,29). The number of pyridine rings is 2. The number of rotatable bonds is 5. The molecule has 2 aliphatic rings. The van der Waals surface area contributed by atoms with Gasteiger partial charge in [0.25, 0.3) is 5.91 Å². The first-order valence-electron chi connectivity index (χ1n) is 11.2. The van der Waals surface area contributed by atoms with Gasteiger partial charge in [-0.1, -0.05) is 19.3 Å². The molecule has 2 aromatic heterocycles. The minimum atomic E-state index is -0.289. The number of hydrogen-bond acceptors (Lipinski definition) is 5. The van der Waals surface area contributed by atoms with Crippen molar-refractivity contribution >= 4 is 16.9 Å². The first-order valence-corrected chi connectivity index (χ1v) is 11.2. The number of aryl methyl sites for hydroxylation is 2. The summed E-state index contributed by atoms with van der Waals surface area (Å²) in [5.41, 5.74) is 1.41. The average molecular weight is 413 g/mol. The van der Waals surface area contributed by atoms with E-state index in [1.54, 1.807) is 12.3 Å². The molecule has 2 fully saturated rings. The Bertz CT molecular complexity index is 972. The summed E-state index contributed by atoms with van der Waals surface area (Å²) >= 11 is 0. The molecule has 0 unspecified atom stereocenters. The summed E-state index contributed by atoms with van der Waals surface area (Å²) in [6.07, 6.45) is 7.42. The fourth-order valence-electron chi connectivity index (χ4n) is 4.96. The van der Waals surface area contributed by atoms with E-state index in [-0.39, 0.29) is 22.4 Å². The number of nitrogens with one attached hydrogen (secondary N) is 1. The third-order valence-corrected chi connectivity index (χ3v) is 6.69. The number of carbonyl (C=O) groups excluding carboxylic acids is 1. The van der Waals surface area contributed by atoms with Crippen LogP contribution in [0.1, 0.15) is 55.1 Å². The van der Waals surface area contributed by atoms with Crippen LogP contribution in [0.3, 0.4) is 0 Å². The highest BCUT2D eigenvalue weighted by Crippen LogP contribution is 2.34. The maximum Gasteiger partial charge on any atom is 0.256 e. The van der Waals surface area contributed by atoms with Gasteiger partial charge >= 0.3 is 0 Å². The molecule has 2 aromatic rings. The summed E-state index contributed by atoms with van der Waals surface area (Å²) in [5, 5.41) is 3.62. The monoisotopic (exact) mass is 412 g/mol. The summed E-state index contributed by atoms with van der Waals surface area (Å²) in [6.45, 7) is 8.40. The molecule has 0 atom stereocenters. The van der Waals surface area contributed by atoms with Gasteiger partial charge in [0, 0.05) is 43.6 Å². The van der Waals surface area contributed by atoms with E-state index < -0.39 is 0 Å². The normalized spacial score (nSPS) is 19.7. The molecule has 162 valence electrons. The Morgan fingerprint density at radius 3 is 2.63 bits per heavy atom. The van der Waals surface area contributed by atoms with Gasteiger partial charge in [-0.2, -0.15) is 0 Å². The zero-order chi connectivity index (χ0) is 21.1. The maximum atomic E-state index is 13.1. The number of amides is 1. The largest absolute Gasteiger partial charge is 0.379 e. The molecular formula is C23H32N4O3. The van der Waals surface area contributed by atoms with E-state index in [0.29, 0.717) is 24.1 Å². The molecule has 1 saturated carbocycles. The lowest BCUT2D eigenvalue weighted by atomic mass is 9.79. The highest BCUT2D eigenvalue weighted by atomic mass is 16.5. The van der Waals surface area contributed by atoms with Gasteiger partial charge in [-0.15, -0.1) is 0 Å². The van der Waals surface area contributed by atoms with Crippen molar-refractivity contribution in [2.24, 2.45) is 0 Å². The summed E-state index contributed by atoms with van der Waals surface area (Å²) in [4.78, 5) is 33.2. The van der Waals surface area contributed by atoms with Crippen molar-refractivity contribution in [3.8, 4) is 0 Å². The highest BCUT2D eigenvalue weighted by molar-refractivity contribution is 5.96. The lowest BCUT2D eigenvalue weighted by molar-refractivity contribution is -0.0361. The summed E-state index contributed by atoms with van der Waals surface area (Å²) in [6, 6.07) is 3.60. The van der Waals surface area contributed by atoms with Crippen molar-refractivity contribution in [1.82, 2.24) is 19.8 Å². The number of morpholine rings is 1. The van der Waals surface area contributed by atoms with Crippen LogP contribution in [-0.4, -0.2) is 58.7 Å². The highest BCUT2D eigenvalue weighted by Gasteiger charge is 2.39. The Hall–Kier alpha value is -2.25.